The third-order valence-electron chi connectivity index (χ3n) is 3.57. The number of nitrogens with zero attached hydrogens (tertiary/aromatic N) is 1. The van der Waals surface area contributed by atoms with Crippen molar-refractivity contribution in [3.8, 4) is 0 Å². The standard InChI is InChI=1S/C14H21ClN2/c1-11-13(15)6-3-7-14(11)16-9-12-5-4-8-17(2)10-12/h3,6-7,12,16H,4-5,8-10H2,1-2H3. The lowest BCUT2D eigenvalue weighted by atomic mass is 9.98. The first-order valence-electron chi connectivity index (χ1n) is 6.34. The molecule has 1 fully saturated rings. The first-order chi connectivity index (χ1) is 8.16. The van der Waals surface area contributed by atoms with Crippen molar-refractivity contribution in [1.82, 2.24) is 4.90 Å². The number of nitrogens with one attached hydrogen (secondary N) is 1. The molecule has 94 valence electrons. The summed E-state index contributed by atoms with van der Waals surface area (Å²) in [4.78, 5) is 2.42. The minimum Gasteiger partial charge on any atom is -0.384 e. The molecule has 0 spiro atoms. The normalized spacial score (nSPS) is 21.5. The fraction of sp³-hybridized carbons (Fsp3) is 0.571. The van der Waals surface area contributed by atoms with E-state index in [1.165, 1.54) is 31.6 Å². The second-order valence-corrected chi connectivity index (χ2v) is 5.47. The predicted octanol–water partition coefficient (Wildman–Crippen LogP) is 3.40. The topological polar surface area (TPSA) is 15.3 Å². The highest BCUT2D eigenvalue weighted by atomic mass is 35.5. The number of piperidine rings is 1. The minimum absolute atomic E-state index is 0.757. The Morgan fingerprint density at radius 2 is 2.29 bits per heavy atom. The molecule has 1 atom stereocenters. The first kappa shape index (κ1) is 12.7. The van der Waals surface area contributed by atoms with Crippen molar-refractivity contribution in [2.75, 3.05) is 32.0 Å². The molecule has 1 aromatic carbocycles. The van der Waals surface area contributed by atoms with Crippen molar-refractivity contribution in [1.29, 1.82) is 0 Å². The fourth-order valence-corrected chi connectivity index (χ4v) is 2.67. The summed E-state index contributed by atoms with van der Waals surface area (Å²) in [6.07, 6.45) is 2.65. The van der Waals surface area contributed by atoms with Gasteiger partial charge in [0.25, 0.3) is 0 Å². The van der Waals surface area contributed by atoms with Crippen LogP contribution in [0.2, 0.25) is 5.02 Å². The number of hydrogen-bond acceptors (Lipinski definition) is 2. The van der Waals surface area contributed by atoms with Crippen LogP contribution in [-0.2, 0) is 0 Å². The van der Waals surface area contributed by atoms with Crippen molar-refractivity contribution in [2.45, 2.75) is 19.8 Å². The van der Waals surface area contributed by atoms with Crippen LogP contribution in [0, 0.1) is 12.8 Å². The van der Waals surface area contributed by atoms with E-state index in [0.29, 0.717) is 0 Å². The highest BCUT2D eigenvalue weighted by molar-refractivity contribution is 6.31. The third kappa shape index (κ3) is 3.36. The summed E-state index contributed by atoms with van der Waals surface area (Å²) in [5.41, 5.74) is 2.32. The molecule has 1 unspecified atom stereocenters. The highest BCUT2D eigenvalue weighted by Crippen LogP contribution is 2.24. The molecule has 1 heterocycles. The molecule has 0 aromatic heterocycles. The SMILES string of the molecule is Cc1c(Cl)cccc1NCC1CCCN(C)C1. The van der Waals surface area contributed by atoms with Crippen LogP contribution in [0.1, 0.15) is 18.4 Å². The van der Waals surface area contributed by atoms with E-state index in [-0.39, 0.29) is 0 Å². The number of hydrogen-bond donors (Lipinski definition) is 1. The lowest BCUT2D eigenvalue weighted by Crippen LogP contribution is -2.35. The number of likely N-dealkylation sites (tertiary alicyclic amines) is 1. The van der Waals surface area contributed by atoms with Crippen molar-refractivity contribution in [3.63, 3.8) is 0 Å². The Bertz CT molecular complexity index is 378. The molecule has 0 radical (unpaired) electrons. The van der Waals surface area contributed by atoms with Crippen LogP contribution < -0.4 is 5.32 Å². The predicted molar refractivity (Wildman–Crippen MR) is 74.9 cm³/mol. The van der Waals surface area contributed by atoms with Crippen molar-refractivity contribution < 1.29 is 0 Å². The van der Waals surface area contributed by atoms with Crippen LogP contribution in [0.3, 0.4) is 0 Å². The zero-order chi connectivity index (χ0) is 12.3. The van der Waals surface area contributed by atoms with Gasteiger partial charge in [0.15, 0.2) is 0 Å². The first-order valence-corrected chi connectivity index (χ1v) is 6.72. The summed E-state index contributed by atoms with van der Waals surface area (Å²) in [5.74, 6) is 0.757. The van der Waals surface area contributed by atoms with Crippen LogP contribution in [0.15, 0.2) is 18.2 Å². The Kier molecular flexibility index (Phi) is 4.30. The molecule has 3 heteroatoms. The molecule has 1 aliphatic rings. The van der Waals surface area contributed by atoms with Crippen molar-refractivity contribution >= 4 is 17.3 Å². The van der Waals surface area contributed by atoms with Crippen LogP contribution in [0.5, 0.6) is 0 Å². The molecule has 0 saturated carbocycles. The lowest BCUT2D eigenvalue weighted by Gasteiger charge is -2.30. The van der Waals surface area contributed by atoms with Gasteiger partial charge >= 0.3 is 0 Å². The Morgan fingerprint density at radius 1 is 1.47 bits per heavy atom. The molecule has 2 rings (SSSR count). The van der Waals surface area contributed by atoms with Crippen LogP contribution in [-0.4, -0.2) is 31.6 Å². The maximum Gasteiger partial charge on any atom is 0.0455 e. The monoisotopic (exact) mass is 252 g/mol. The van der Waals surface area contributed by atoms with Crippen molar-refractivity contribution in [3.05, 3.63) is 28.8 Å². The van der Waals surface area contributed by atoms with E-state index in [1.54, 1.807) is 0 Å². The molecule has 1 aromatic rings. The summed E-state index contributed by atoms with van der Waals surface area (Å²) < 4.78 is 0. The molecule has 0 aliphatic carbocycles. The van der Waals surface area contributed by atoms with Gasteiger partial charge in [-0.25, -0.2) is 0 Å². The second kappa shape index (κ2) is 5.74. The quantitative estimate of drug-likeness (QED) is 0.887. The van der Waals surface area contributed by atoms with Gasteiger partial charge in [-0.1, -0.05) is 17.7 Å². The van der Waals surface area contributed by atoms with Crippen molar-refractivity contribution in [2.24, 2.45) is 5.92 Å². The van der Waals surface area contributed by atoms with Gasteiger partial charge < -0.3 is 10.2 Å². The number of halogens is 1. The smallest absolute Gasteiger partial charge is 0.0455 e. The van der Waals surface area contributed by atoms with Crippen LogP contribution in [0.4, 0.5) is 5.69 Å². The molecule has 0 bridgehead atoms. The molecule has 1 saturated heterocycles. The van der Waals surface area contributed by atoms with E-state index in [2.05, 4.69) is 30.3 Å². The van der Waals surface area contributed by atoms with E-state index in [4.69, 9.17) is 11.6 Å². The average molecular weight is 253 g/mol. The van der Waals surface area contributed by atoms with Crippen LogP contribution >= 0.6 is 11.6 Å². The van der Waals surface area contributed by atoms with Gasteiger partial charge in [-0.2, -0.15) is 0 Å². The Labute approximate surface area is 109 Å². The van der Waals surface area contributed by atoms with Gasteiger partial charge in [0, 0.05) is 23.8 Å². The molecular formula is C14H21ClN2. The minimum atomic E-state index is 0.757. The Hall–Kier alpha value is -0.730. The highest BCUT2D eigenvalue weighted by Gasteiger charge is 2.16. The van der Waals surface area contributed by atoms with E-state index in [1.807, 2.05) is 12.1 Å². The van der Waals surface area contributed by atoms with Gasteiger partial charge in [0.2, 0.25) is 0 Å². The summed E-state index contributed by atoms with van der Waals surface area (Å²) in [5, 5.41) is 4.38. The number of rotatable bonds is 3. The van der Waals surface area contributed by atoms with Crippen LogP contribution in [0.25, 0.3) is 0 Å². The summed E-state index contributed by atoms with van der Waals surface area (Å²) >= 11 is 6.11. The van der Waals surface area contributed by atoms with E-state index in [0.717, 1.165) is 23.0 Å². The summed E-state index contributed by atoms with van der Waals surface area (Å²) in [7, 11) is 2.21. The number of anilines is 1. The zero-order valence-electron chi connectivity index (χ0n) is 10.7. The lowest BCUT2D eigenvalue weighted by molar-refractivity contribution is 0.217. The van der Waals surface area contributed by atoms with Gasteiger partial charge in [-0.15, -0.1) is 0 Å². The van der Waals surface area contributed by atoms with Gasteiger partial charge in [-0.05, 0) is 57.0 Å². The molecular weight excluding hydrogens is 232 g/mol. The molecule has 0 amide bonds. The van der Waals surface area contributed by atoms with Gasteiger partial charge in [0.05, 0.1) is 0 Å². The van der Waals surface area contributed by atoms with E-state index >= 15 is 0 Å². The molecule has 1 N–H and O–H groups in total. The van der Waals surface area contributed by atoms with E-state index < -0.39 is 0 Å². The van der Waals surface area contributed by atoms with Gasteiger partial charge in [-0.3, -0.25) is 0 Å². The fourth-order valence-electron chi connectivity index (χ4n) is 2.49. The summed E-state index contributed by atoms with van der Waals surface area (Å²) in [6.45, 7) is 5.56. The maximum atomic E-state index is 6.11. The van der Waals surface area contributed by atoms with Gasteiger partial charge in [0.1, 0.15) is 0 Å². The second-order valence-electron chi connectivity index (χ2n) is 5.06. The average Bonchev–Trinajstić information content (AvgIpc) is 2.31. The number of benzene rings is 1. The molecule has 1 aliphatic heterocycles. The summed E-state index contributed by atoms with van der Waals surface area (Å²) in [6, 6.07) is 6.05. The maximum absolute atomic E-state index is 6.11. The van der Waals surface area contributed by atoms with E-state index in [9.17, 15) is 0 Å². The molecule has 17 heavy (non-hydrogen) atoms. The Balaban J connectivity index is 1.91. The largest absolute Gasteiger partial charge is 0.384 e. The Morgan fingerprint density at radius 3 is 3.06 bits per heavy atom. The molecule has 2 nitrogen and oxygen atoms in total. The zero-order valence-corrected chi connectivity index (χ0v) is 11.4. The third-order valence-corrected chi connectivity index (χ3v) is 3.98.